The van der Waals surface area contributed by atoms with Crippen molar-refractivity contribution >= 4 is 51.4 Å². The van der Waals surface area contributed by atoms with Gasteiger partial charge in [0, 0.05) is 36.2 Å². The number of thiophene rings is 1. The van der Waals surface area contributed by atoms with E-state index in [1.165, 1.54) is 18.5 Å². The molecule has 9 nitrogen and oxygen atoms in total. The fourth-order valence-corrected chi connectivity index (χ4v) is 4.69. The van der Waals surface area contributed by atoms with Crippen LogP contribution in [0.2, 0.25) is 0 Å². The van der Waals surface area contributed by atoms with Crippen molar-refractivity contribution in [3.05, 3.63) is 70.3 Å². The Bertz CT molecular complexity index is 1820. The van der Waals surface area contributed by atoms with E-state index in [2.05, 4.69) is 35.5 Å². The van der Waals surface area contributed by atoms with E-state index >= 15 is 4.39 Å². The molecule has 5 heterocycles. The van der Waals surface area contributed by atoms with Gasteiger partial charge in [0.2, 0.25) is 5.91 Å². The summed E-state index contributed by atoms with van der Waals surface area (Å²) >= 11 is 0.960. The Labute approximate surface area is 218 Å². The Morgan fingerprint density at radius 1 is 1.24 bits per heavy atom. The van der Waals surface area contributed by atoms with E-state index < -0.39 is 5.83 Å². The molecular weight excluding hydrogens is 510 g/mol. The van der Waals surface area contributed by atoms with Crippen molar-refractivity contribution in [3.8, 4) is 22.1 Å². The van der Waals surface area contributed by atoms with Crippen LogP contribution in [0.4, 0.5) is 14.5 Å². The number of imidazole rings is 1. The summed E-state index contributed by atoms with van der Waals surface area (Å²) in [7, 11) is 0. The summed E-state index contributed by atoms with van der Waals surface area (Å²) in [6.07, 6.45) is 7.62. The van der Waals surface area contributed by atoms with Crippen LogP contribution in [0.25, 0.3) is 50.6 Å². The molecule has 0 spiro atoms. The molecule has 5 aromatic heterocycles. The summed E-state index contributed by atoms with van der Waals surface area (Å²) in [6.45, 7) is 3.47. The van der Waals surface area contributed by atoms with Gasteiger partial charge < -0.3 is 16.0 Å². The second kappa shape index (κ2) is 10.3. The van der Waals surface area contributed by atoms with Gasteiger partial charge in [0.1, 0.15) is 22.7 Å². The Kier molecular flexibility index (Phi) is 6.79. The molecule has 0 atom stereocenters. The van der Waals surface area contributed by atoms with Crippen molar-refractivity contribution < 1.29 is 13.6 Å². The number of aromatic amines is 2. The van der Waals surface area contributed by atoms with Crippen LogP contribution in [-0.2, 0) is 4.79 Å². The van der Waals surface area contributed by atoms with Gasteiger partial charge in [-0.1, -0.05) is 13.0 Å². The minimum atomic E-state index is -0.663. The Hall–Kier alpha value is -4.71. The van der Waals surface area contributed by atoms with E-state index in [9.17, 15) is 9.18 Å². The Balaban J connectivity index is 1.67. The molecule has 38 heavy (non-hydrogen) atoms. The number of nitrogens with zero attached hydrogens (tertiary/aromatic N) is 4. The van der Waals surface area contributed by atoms with Crippen molar-refractivity contribution in [2.75, 3.05) is 5.32 Å². The number of rotatable bonds is 6. The molecule has 0 aromatic carbocycles. The number of amides is 1. The quantitative estimate of drug-likeness (QED) is 0.262. The lowest BCUT2D eigenvalue weighted by atomic mass is 10.1. The van der Waals surface area contributed by atoms with E-state index in [4.69, 9.17) is 5.73 Å². The first-order valence-electron chi connectivity index (χ1n) is 11.6. The minimum absolute atomic E-state index is 0.0587. The number of H-pyrrole nitrogens is 2. The van der Waals surface area contributed by atoms with Crippen LogP contribution >= 0.6 is 11.3 Å². The lowest BCUT2D eigenvalue weighted by molar-refractivity contribution is -0.115. The minimum Gasteiger partial charge on any atom is -0.404 e. The number of hydrogen-bond acceptors (Lipinski definition) is 7. The Morgan fingerprint density at radius 2 is 2.08 bits per heavy atom. The largest absolute Gasteiger partial charge is 0.404 e. The number of carbonyl (C=O) groups is 1. The monoisotopic (exact) mass is 532 g/mol. The molecule has 0 bridgehead atoms. The highest BCUT2D eigenvalue weighted by Gasteiger charge is 2.20. The number of nitrogens with one attached hydrogen (secondary N) is 3. The van der Waals surface area contributed by atoms with Gasteiger partial charge >= 0.3 is 0 Å². The maximum Gasteiger partial charge on any atom is 0.224 e. The number of fused-ring (bicyclic) bond motifs is 1. The van der Waals surface area contributed by atoms with Crippen LogP contribution in [0, 0.1) is 5.13 Å². The second-order valence-corrected chi connectivity index (χ2v) is 9.19. The lowest BCUT2D eigenvalue weighted by Gasteiger charge is -2.08. The average Bonchev–Trinajstić information content (AvgIpc) is 3.66. The molecule has 0 aliphatic heterocycles. The summed E-state index contributed by atoms with van der Waals surface area (Å²) in [6, 6.07) is 6.32. The van der Waals surface area contributed by atoms with E-state index in [1.54, 1.807) is 44.3 Å². The van der Waals surface area contributed by atoms with E-state index in [-0.39, 0.29) is 33.9 Å². The molecule has 0 aliphatic carbocycles. The van der Waals surface area contributed by atoms with Gasteiger partial charge in [-0.25, -0.2) is 9.37 Å². The van der Waals surface area contributed by atoms with E-state index in [1.807, 2.05) is 0 Å². The molecule has 0 saturated heterocycles. The Morgan fingerprint density at radius 3 is 2.79 bits per heavy atom. The molecule has 5 aromatic rings. The van der Waals surface area contributed by atoms with Crippen LogP contribution in [0.1, 0.15) is 25.8 Å². The topological polar surface area (TPSA) is 138 Å². The smallest absolute Gasteiger partial charge is 0.224 e. The zero-order valence-corrected chi connectivity index (χ0v) is 21.2. The molecule has 0 fully saturated rings. The molecule has 5 rings (SSSR count). The number of anilines is 1. The summed E-state index contributed by atoms with van der Waals surface area (Å²) in [5.74, 6) is -0.570. The normalized spacial score (nSPS) is 13.3. The fourth-order valence-electron chi connectivity index (χ4n) is 3.96. The summed E-state index contributed by atoms with van der Waals surface area (Å²) in [4.78, 5) is 28.8. The maximum absolute atomic E-state index is 16.3. The van der Waals surface area contributed by atoms with Gasteiger partial charge in [0.05, 0.1) is 32.8 Å². The number of allylic oxidation sites excluding steroid dienone is 1. The second-order valence-electron chi connectivity index (χ2n) is 8.15. The molecule has 0 saturated carbocycles. The number of aromatic nitrogens is 6. The maximum atomic E-state index is 16.3. The first-order valence-corrected chi connectivity index (χ1v) is 12.4. The van der Waals surface area contributed by atoms with Crippen molar-refractivity contribution in [2.24, 2.45) is 5.73 Å². The lowest BCUT2D eigenvalue weighted by Crippen LogP contribution is -2.26. The average molecular weight is 533 g/mol. The first kappa shape index (κ1) is 25.0. The first-order chi connectivity index (χ1) is 18.4. The van der Waals surface area contributed by atoms with Crippen molar-refractivity contribution in [1.29, 1.82) is 0 Å². The SMILES string of the molecule is C\C=c1/[nH]nc(-c2nc3c(-c4ccc(F)s4)nccc3[nH]2)/c1=C(F)/C(=C\N)c1cncc(NC(=O)CC)c1. The van der Waals surface area contributed by atoms with Gasteiger partial charge in [-0.05, 0) is 31.2 Å². The number of hydrogen-bond donors (Lipinski definition) is 4. The van der Waals surface area contributed by atoms with Crippen molar-refractivity contribution in [2.45, 2.75) is 20.3 Å². The van der Waals surface area contributed by atoms with E-state index in [0.29, 0.717) is 44.0 Å². The molecule has 0 radical (unpaired) electrons. The molecule has 0 unspecified atom stereocenters. The van der Waals surface area contributed by atoms with Gasteiger partial charge in [-0.2, -0.15) is 9.49 Å². The third-order valence-corrected chi connectivity index (χ3v) is 6.67. The number of pyridine rings is 2. The summed E-state index contributed by atoms with van der Waals surface area (Å²) in [5, 5.41) is 10.1. The summed E-state index contributed by atoms with van der Waals surface area (Å²) < 4.78 is 29.9. The van der Waals surface area contributed by atoms with Crippen LogP contribution in [0.15, 0.2) is 49.1 Å². The van der Waals surface area contributed by atoms with Gasteiger partial charge in [0.25, 0.3) is 0 Å². The molecule has 192 valence electrons. The van der Waals surface area contributed by atoms with Crippen LogP contribution < -0.4 is 21.6 Å². The molecule has 12 heteroatoms. The van der Waals surface area contributed by atoms with Crippen LogP contribution in [-0.4, -0.2) is 36.0 Å². The van der Waals surface area contributed by atoms with Crippen molar-refractivity contribution in [3.63, 3.8) is 0 Å². The third kappa shape index (κ3) is 4.57. The van der Waals surface area contributed by atoms with Crippen LogP contribution in [0.3, 0.4) is 0 Å². The number of halogens is 2. The molecular formula is C26H22F2N8OS. The highest BCUT2D eigenvalue weighted by Crippen LogP contribution is 2.31. The number of carbonyl (C=O) groups excluding carboxylic acids is 1. The zero-order valence-electron chi connectivity index (χ0n) is 20.3. The van der Waals surface area contributed by atoms with E-state index in [0.717, 1.165) is 17.5 Å². The van der Waals surface area contributed by atoms with Gasteiger partial charge in [-0.3, -0.25) is 19.9 Å². The highest BCUT2D eigenvalue weighted by molar-refractivity contribution is 7.13. The predicted molar refractivity (Wildman–Crippen MR) is 144 cm³/mol. The third-order valence-electron chi connectivity index (χ3n) is 5.79. The summed E-state index contributed by atoms with van der Waals surface area (Å²) in [5.41, 5.74) is 8.57. The molecule has 0 aliphatic rings. The molecule has 5 N–H and O–H groups in total. The fraction of sp³-hybridized carbons (Fsp3) is 0.115. The predicted octanol–water partition coefficient (Wildman–Crippen LogP) is 3.84. The van der Waals surface area contributed by atoms with Gasteiger partial charge in [-0.15, -0.1) is 11.3 Å². The number of nitrogens with two attached hydrogens (primary N) is 1. The van der Waals surface area contributed by atoms with Crippen molar-refractivity contribution in [1.82, 2.24) is 30.1 Å². The standard InChI is InChI=1S/C26H22F2N8OS/c1-3-16-21(22(28)15(10-29)13-9-14(12-30-11-13)32-20(37)4-2)25(36-35-16)26-33-17-7-8-31-24(23(17)34-26)18-5-6-19(27)38-18/h3,5-12,35H,4,29H2,1-2H3,(H,32,37)(H,33,34)/b15-10-,16-3-,22-21-. The van der Waals surface area contributed by atoms with Gasteiger partial charge in [0.15, 0.2) is 11.0 Å². The molecule has 1 amide bonds. The highest BCUT2D eigenvalue weighted by atomic mass is 32.1. The van der Waals surface area contributed by atoms with Crippen LogP contribution in [0.5, 0.6) is 0 Å². The zero-order chi connectivity index (χ0) is 26.8.